The SMILES string of the molecule is NCC(=CF)COc1ccc2nc(NCc3ccc(C(F)(F)F)nc3)oc2c1. The van der Waals surface area contributed by atoms with E-state index in [0.717, 1.165) is 12.3 Å². The first kappa shape index (κ1) is 19.6. The van der Waals surface area contributed by atoms with Gasteiger partial charge in [0.25, 0.3) is 6.01 Å². The summed E-state index contributed by atoms with van der Waals surface area (Å²) in [6.45, 7) is 0.245. The van der Waals surface area contributed by atoms with Crippen molar-refractivity contribution in [1.82, 2.24) is 9.97 Å². The average Bonchev–Trinajstić information content (AvgIpc) is 3.09. The minimum Gasteiger partial charge on any atom is -0.489 e. The van der Waals surface area contributed by atoms with Crippen LogP contribution in [0.1, 0.15) is 11.3 Å². The van der Waals surface area contributed by atoms with Crippen LogP contribution in [-0.4, -0.2) is 23.1 Å². The predicted molar refractivity (Wildman–Crippen MR) is 94.3 cm³/mol. The Morgan fingerprint density at radius 1 is 1.25 bits per heavy atom. The molecule has 0 aliphatic heterocycles. The van der Waals surface area contributed by atoms with E-state index >= 15 is 0 Å². The summed E-state index contributed by atoms with van der Waals surface area (Å²) >= 11 is 0. The molecule has 6 nitrogen and oxygen atoms in total. The number of hydrogen-bond acceptors (Lipinski definition) is 6. The Hall–Kier alpha value is -3.14. The molecule has 0 unspecified atom stereocenters. The number of aromatic nitrogens is 2. The van der Waals surface area contributed by atoms with Crippen LogP contribution < -0.4 is 15.8 Å². The summed E-state index contributed by atoms with van der Waals surface area (Å²) in [5.41, 5.74) is 6.25. The van der Waals surface area contributed by atoms with Crippen LogP contribution in [-0.2, 0) is 12.7 Å². The zero-order valence-corrected chi connectivity index (χ0v) is 14.5. The monoisotopic (exact) mass is 396 g/mol. The fourth-order valence-corrected chi connectivity index (χ4v) is 2.26. The molecule has 2 aromatic heterocycles. The van der Waals surface area contributed by atoms with Crippen LogP contribution in [0.4, 0.5) is 23.6 Å². The van der Waals surface area contributed by atoms with E-state index < -0.39 is 11.9 Å². The number of hydrogen-bond donors (Lipinski definition) is 2. The Labute approximate surface area is 157 Å². The largest absolute Gasteiger partial charge is 0.489 e. The highest BCUT2D eigenvalue weighted by atomic mass is 19.4. The van der Waals surface area contributed by atoms with E-state index in [1.165, 1.54) is 6.07 Å². The normalized spacial score (nSPS) is 12.4. The van der Waals surface area contributed by atoms with E-state index in [-0.39, 0.29) is 25.7 Å². The van der Waals surface area contributed by atoms with Crippen molar-refractivity contribution in [2.24, 2.45) is 5.73 Å². The second-order valence-corrected chi connectivity index (χ2v) is 5.81. The maximum absolute atomic E-state index is 12.5. The number of benzene rings is 1. The molecule has 0 aliphatic rings. The van der Waals surface area contributed by atoms with Crippen molar-refractivity contribution in [3.05, 3.63) is 59.7 Å². The van der Waals surface area contributed by atoms with Gasteiger partial charge in [0.1, 0.15) is 23.6 Å². The van der Waals surface area contributed by atoms with E-state index in [0.29, 0.717) is 34.3 Å². The van der Waals surface area contributed by atoms with Crippen LogP contribution in [0.5, 0.6) is 5.75 Å². The summed E-state index contributed by atoms with van der Waals surface area (Å²) in [6.07, 6.45) is -2.93. The zero-order chi connectivity index (χ0) is 20.1. The molecule has 1 aromatic carbocycles. The molecule has 0 saturated carbocycles. The number of nitrogens with one attached hydrogen (secondary N) is 1. The Morgan fingerprint density at radius 2 is 2.07 bits per heavy atom. The molecule has 0 aliphatic carbocycles. The third-order valence-corrected chi connectivity index (χ3v) is 3.76. The smallest absolute Gasteiger partial charge is 0.433 e. The minimum atomic E-state index is -4.48. The highest BCUT2D eigenvalue weighted by molar-refractivity contribution is 5.76. The van der Waals surface area contributed by atoms with Gasteiger partial charge in [0.15, 0.2) is 5.58 Å². The lowest BCUT2D eigenvalue weighted by molar-refractivity contribution is -0.141. The van der Waals surface area contributed by atoms with E-state index in [9.17, 15) is 17.6 Å². The fourth-order valence-electron chi connectivity index (χ4n) is 2.26. The maximum atomic E-state index is 12.5. The van der Waals surface area contributed by atoms with E-state index in [1.807, 2.05) is 0 Å². The molecule has 0 bridgehead atoms. The van der Waals surface area contributed by atoms with Crippen molar-refractivity contribution in [3.63, 3.8) is 0 Å². The van der Waals surface area contributed by atoms with Gasteiger partial charge in [-0.05, 0) is 23.8 Å². The lowest BCUT2D eigenvalue weighted by atomic mass is 10.2. The van der Waals surface area contributed by atoms with Crippen molar-refractivity contribution in [3.8, 4) is 5.75 Å². The van der Waals surface area contributed by atoms with Crippen LogP contribution in [0.25, 0.3) is 11.1 Å². The average molecular weight is 396 g/mol. The third-order valence-electron chi connectivity index (χ3n) is 3.76. The number of fused-ring (bicyclic) bond motifs is 1. The first-order valence-corrected chi connectivity index (χ1v) is 8.16. The Kier molecular flexibility index (Phi) is 5.78. The zero-order valence-electron chi connectivity index (χ0n) is 14.5. The Bertz CT molecular complexity index is 968. The molecule has 3 N–H and O–H groups in total. The summed E-state index contributed by atoms with van der Waals surface area (Å²) in [7, 11) is 0. The number of oxazole rings is 1. The van der Waals surface area contributed by atoms with Gasteiger partial charge in [-0.15, -0.1) is 0 Å². The number of alkyl halides is 3. The molecule has 0 spiro atoms. The Morgan fingerprint density at radius 3 is 2.71 bits per heavy atom. The van der Waals surface area contributed by atoms with E-state index in [1.54, 1.807) is 18.2 Å². The molecular weight excluding hydrogens is 380 g/mol. The molecule has 0 amide bonds. The van der Waals surface area contributed by atoms with Crippen molar-refractivity contribution in [1.29, 1.82) is 0 Å². The van der Waals surface area contributed by atoms with Crippen molar-refractivity contribution >= 4 is 17.1 Å². The van der Waals surface area contributed by atoms with Gasteiger partial charge in [-0.25, -0.2) is 4.39 Å². The highest BCUT2D eigenvalue weighted by Crippen LogP contribution is 2.27. The number of halogens is 4. The molecule has 0 radical (unpaired) electrons. The number of ether oxygens (including phenoxy) is 1. The molecule has 0 saturated heterocycles. The maximum Gasteiger partial charge on any atom is 0.433 e. The first-order chi connectivity index (χ1) is 13.4. The predicted octanol–water partition coefficient (Wildman–Crippen LogP) is 4.04. The summed E-state index contributed by atoms with van der Waals surface area (Å²) in [5, 5.41) is 2.88. The lowest BCUT2D eigenvalue weighted by Gasteiger charge is -2.06. The second kappa shape index (κ2) is 8.26. The highest BCUT2D eigenvalue weighted by Gasteiger charge is 2.31. The topological polar surface area (TPSA) is 86.2 Å². The molecule has 148 valence electrons. The van der Waals surface area contributed by atoms with Gasteiger partial charge in [0.05, 0.1) is 6.33 Å². The van der Waals surface area contributed by atoms with Crippen molar-refractivity contribution < 1.29 is 26.7 Å². The molecule has 3 rings (SSSR count). The first-order valence-electron chi connectivity index (χ1n) is 8.16. The van der Waals surface area contributed by atoms with Gasteiger partial charge in [0, 0.05) is 30.9 Å². The minimum absolute atomic E-state index is 0.0126. The molecular formula is C18H16F4N4O2. The Balaban J connectivity index is 1.64. The summed E-state index contributed by atoms with van der Waals surface area (Å²) < 4.78 is 61.1. The third kappa shape index (κ3) is 4.77. The number of pyridine rings is 1. The van der Waals surface area contributed by atoms with E-state index in [2.05, 4.69) is 15.3 Å². The van der Waals surface area contributed by atoms with Gasteiger partial charge in [-0.1, -0.05) is 6.07 Å². The standard InChI is InChI=1S/C18H16F4N4O2/c19-6-12(7-23)10-27-13-2-3-14-15(5-13)28-17(26-14)25-9-11-1-4-16(24-8-11)18(20,21)22/h1-6,8H,7,9-10,23H2,(H,25,26). The summed E-state index contributed by atoms with van der Waals surface area (Å²) in [5.74, 6) is 0.454. The van der Waals surface area contributed by atoms with Crippen LogP contribution in [0.2, 0.25) is 0 Å². The number of nitrogens with zero attached hydrogens (tertiary/aromatic N) is 2. The van der Waals surface area contributed by atoms with Crippen LogP contribution in [0.3, 0.4) is 0 Å². The van der Waals surface area contributed by atoms with Crippen molar-refractivity contribution in [2.75, 3.05) is 18.5 Å². The molecule has 10 heteroatoms. The summed E-state index contributed by atoms with van der Waals surface area (Å²) in [6, 6.07) is 7.35. The van der Waals surface area contributed by atoms with Gasteiger partial charge < -0.3 is 20.2 Å². The lowest BCUT2D eigenvalue weighted by Crippen LogP contribution is -2.10. The molecule has 28 heavy (non-hydrogen) atoms. The van der Waals surface area contributed by atoms with Crippen molar-refractivity contribution in [2.45, 2.75) is 12.7 Å². The quantitative estimate of drug-likeness (QED) is 0.586. The van der Waals surface area contributed by atoms with E-state index in [4.69, 9.17) is 14.9 Å². The second-order valence-electron chi connectivity index (χ2n) is 5.81. The van der Waals surface area contributed by atoms with Gasteiger partial charge >= 0.3 is 6.18 Å². The molecule has 0 fully saturated rings. The molecule has 2 heterocycles. The number of rotatable bonds is 7. The summed E-state index contributed by atoms with van der Waals surface area (Å²) in [4.78, 5) is 7.62. The van der Waals surface area contributed by atoms with Crippen LogP contribution >= 0.6 is 0 Å². The van der Waals surface area contributed by atoms with Gasteiger partial charge in [-0.3, -0.25) is 4.98 Å². The number of nitrogens with two attached hydrogens (primary N) is 1. The van der Waals surface area contributed by atoms with Gasteiger partial charge in [0.2, 0.25) is 0 Å². The molecule has 3 aromatic rings. The van der Waals surface area contributed by atoms with Gasteiger partial charge in [-0.2, -0.15) is 18.2 Å². The number of anilines is 1. The molecule has 0 atom stereocenters. The van der Waals surface area contributed by atoms with Crippen LogP contribution in [0, 0.1) is 0 Å². The van der Waals surface area contributed by atoms with Crippen LogP contribution in [0.15, 0.2) is 52.8 Å². The fraction of sp³-hybridized carbons (Fsp3) is 0.222.